The van der Waals surface area contributed by atoms with E-state index in [4.69, 9.17) is 0 Å². The van der Waals surface area contributed by atoms with Crippen LogP contribution in [0.5, 0.6) is 0 Å². The molecule has 0 amide bonds. The molecular weight excluding hydrogens is 392 g/mol. The summed E-state index contributed by atoms with van der Waals surface area (Å²) in [6, 6.07) is 0. The van der Waals surface area contributed by atoms with Crippen molar-refractivity contribution in [2.45, 2.75) is 112 Å². The van der Waals surface area contributed by atoms with Crippen molar-refractivity contribution in [1.29, 1.82) is 0 Å². The molecule has 0 N–H and O–H groups in total. The maximum atomic E-state index is 2.46. The smallest absolute Gasteiger partial charge is 0.00374 e. The normalized spacial score (nSPS) is 18.5. The Hall–Kier alpha value is -0.950. The third-order valence-electron chi connectivity index (χ3n) is 6.23. The van der Waals surface area contributed by atoms with Gasteiger partial charge in [0.25, 0.3) is 0 Å². The molecule has 0 aliphatic carbocycles. The Balaban J connectivity index is 2.14. The zero-order valence-corrected chi connectivity index (χ0v) is 22.3. The second-order valence-electron chi connectivity index (χ2n) is 10.1. The second kappa shape index (κ2) is 17.6. The quantitative estimate of drug-likeness (QED) is 0.214. The fraction of sp³-hybridized carbons (Fsp3) is 0.667. The maximum absolute atomic E-state index is 2.46. The van der Waals surface area contributed by atoms with Crippen molar-refractivity contribution in [2.24, 2.45) is 11.8 Å². The lowest BCUT2D eigenvalue weighted by atomic mass is 10.0. The minimum atomic E-state index is 0.808. The molecule has 1 rings (SSSR count). The molecule has 176 valence electrons. The summed E-state index contributed by atoms with van der Waals surface area (Å²) in [5, 5.41) is 2.26. The molecule has 0 aromatic carbocycles. The molecule has 0 aromatic rings. The molecule has 0 saturated carbocycles. The minimum absolute atomic E-state index is 0.808. The molecule has 1 atom stereocenters. The van der Waals surface area contributed by atoms with E-state index >= 15 is 0 Å². The van der Waals surface area contributed by atoms with Gasteiger partial charge in [-0.3, -0.25) is 0 Å². The highest BCUT2D eigenvalue weighted by atomic mass is 32.2. The van der Waals surface area contributed by atoms with Crippen molar-refractivity contribution in [1.82, 2.24) is 0 Å². The molecule has 0 bridgehead atoms. The van der Waals surface area contributed by atoms with Crippen molar-refractivity contribution in [3.05, 3.63) is 58.1 Å². The summed E-state index contributed by atoms with van der Waals surface area (Å²) in [7, 11) is 0. The maximum Gasteiger partial charge on any atom is 0.00374 e. The summed E-state index contributed by atoms with van der Waals surface area (Å²) in [5.41, 5.74) is 6.23. The fourth-order valence-corrected chi connectivity index (χ4v) is 4.93. The van der Waals surface area contributed by atoms with E-state index in [1.165, 1.54) is 76.4 Å². The first-order chi connectivity index (χ1) is 14.9. The van der Waals surface area contributed by atoms with E-state index in [0.717, 1.165) is 11.8 Å². The topological polar surface area (TPSA) is 0 Å². The highest BCUT2D eigenvalue weighted by molar-refractivity contribution is 8.02. The molecule has 1 heteroatoms. The van der Waals surface area contributed by atoms with E-state index in [-0.39, 0.29) is 0 Å². The summed E-state index contributed by atoms with van der Waals surface area (Å²) < 4.78 is 0. The zero-order chi connectivity index (χ0) is 22.9. The third kappa shape index (κ3) is 16.4. The van der Waals surface area contributed by atoms with Crippen molar-refractivity contribution < 1.29 is 0 Å². The Morgan fingerprint density at radius 3 is 1.71 bits per heavy atom. The summed E-state index contributed by atoms with van der Waals surface area (Å²) in [6.07, 6.45) is 25.9. The van der Waals surface area contributed by atoms with Gasteiger partial charge in [-0.15, -0.1) is 11.8 Å². The molecule has 0 aromatic heterocycles. The Bertz CT molecular complexity index is 627. The van der Waals surface area contributed by atoms with Crippen LogP contribution in [0.3, 0.4) is 0 Å². The van der Waals surface area contributed by atoms with Crippen molar-refractivity contribution >= 4 is 11.8 Å². The van der Waals surface area contributed by atoms with Gasteiger partial charge in [0.2, 0.25) is 0 Å². The minimum Gasteiger partial charge on any atom is -0.134 e. The molecule has 31 heavy (non-hydrogen) atoms. The van der Waals surface area contributed by atoms with Crippen LogP contribution in [0.4, 0.5) is 0 Å². The highest BCUT2D eigenvalue weighted by Gasteiger charge is 2.07. The molecule has 1 aliphatic rings. The molecule has 0 radical (unpaired) electrons. The average Bonchev–Trinajstić information content (AvgIpc) is 3.21. The zero-order valence-electron chi connectivity index (χ0n) is 21.5. The van der Waals surface area contributed by atoms with Crippen LogP contribution in [-0.2, 0) is 0 Å². The van der Waals surface area contributed by atoms with Crippen LogP contribution >= 0.6 is 11.8 Å². The lowest BCUT2D eigenvalue weighted by Crippen LogP contribution is -1.94. The van der Waals surface area contributed by atoms with E-state index in [2.05, 4.69) is 77.3 Å². The van der Waals surface area contributed by atoms with Crippen LogP contribution in [0.15, 0.2) is 58.1 Å². The van der Waals surface area contributed by atoms with Gasteiger partial charge >= 0.3 is 0 Å². The van der Waals surface area contributed by atoms with Crippen LogP contribution < -0.4 is 0 Å². The molecule has 0 saturated heterocycles. The van der Waals surface area contributed by atoms with Crippen molar-refractivity contribution in [3.8, 4) is 0 Å². The average molecular weight is 443 g/mol. The van der Waals surface area contributed by atoms with Gasteiger partial charge in [-0.2, -0.15) is 0 Å². The van der Waals surface area contributed by atoms with Gasteiger partial charge in [-0.05, 0) is 109 Å². The lowest BCUT2D eigenvalue weighted by Gasteiger charge is -2.05. The first-order valence-corrected chi connectivity index (χ1v) is 13.8. The molecule has 1 heterocycles. The van der Waals surface area contributed by atoms with Gasteiger partial charge < -0.3 is 0 Å². The number of thioether (sulfide) groups is 1. The van der Waals surface area contributed by atoms with Crippen LogP contribution in [-0.4, -0.2) is 5.75 Å². The van der Waals surface area contributed by atoms with Crippen LogP contribution in [0.2, 0.25) is 0 Å². The largest absolute Gasteiger partial charge is 0.134 e. The predicted octanol–water partition coefficient (Wildman–Crippen LogP) is 10.6. The van der Waals surface area contributed by atoms with Gasteiger partial charge in [-0.1, -0.05) is 72.9 Å². The first kappa shape index (κ1) is 28.1. The second-order valence-corrected chi connectivity index (χ2v) is 11.0. The van der Waals surface area contributed by atoms with E-state index in [0.29, 0.717) is 0 Å². The van der Waals surface area contributed by atoms with Crippen LogP contribution in [0, 0.1) is 11.8 Å². The van der Waals surface area contributed by atoms with Gasteiger partial charge in [0.05, 0.1) is 0 Å². The van der Waals surface area contributed by atoms with Gasteiger partial charge in [-0.25, -0.2) is 0 Å². The monoisotopic (exact) mass is 442 g/mol. The van der Waals surface area contributed by atoms with Gasteiger partial charge in [0, 0.05) is 5.75 Å². The first-order valence-electron chi connectivity index (χ1n) is 12.8. The Labute approximate surface area is 199 Å². The number of hydrogen-bond acceptors (Lipinski definition) is 1. The summed E-state index contributed by atoms with van der Waals surface area (Å²) in [4.78, 5) is 0. The summed E-state index contributed by atoms with van der Waals surface area (Å²) in [5.74, 6) is 2.93. The Morgan fingerprint density at radius 2 is 1.26 bits per heavy atom. The standard InChI is InChI=1S/C30H50S/c1-25(2)12-7-13-26(3)14-8-15-27(4)16-9-17-28(5)18-10-19-29(6)20-11-21-30-22-23-31-24-30/h14,16,18,20,22-23,25,30H,7-13,15,17,19,21,24H2,1-6H3/b26-14+,27-16+,28-18+,29-20+. The van der Waals surface area contributed by atoms with Crippen LogP contribution in [0.25, 0.3) is 0 Å². The molecule has 0 spiro atoms. The SMILES string of the molecule is C/C(=C\CC/C(C)=C/CCC1C=CSC1)CC/C=C(\C)CC/C=C(\C)CCCC(C)C. The summed E-state index contributed by atoms with van der Waals surface area (Å²) >= 11 is 1.96. The molecule has 1 unspecified atom stereocenters. The Kier molecular flexibility index (Phi) is 15.9. The van der Waals surface area contributed by atoms with Crippen molar-refractivity contribution in [2.75, 3.05) is 5.75 Å². The summed E-state index contributed by atoms with van der Waals surface area (Å²) in [6.45, 7) is 13.8. The number of rotatable bonds is 16. The molecule has 1 aliphatic heterocycles. The van der Waals surface area contributed by atoms with E-state index < -0.39 is 0 Å². The van der Waals surface area contributed by atoms with Gasteiger partial charge in [0.15, 0.2) is 0 Å². The fourth-order valence-electron chi connectivity index (χ4n) is 3.96. The van der Waals surface area contributed by atoms with E-state index in [1.807, 2.05) is 11.8 Å². The number of allylic oxidation sites excluding steroid dienone is 9. The van der Waals surface area contributed by atoms with Crippen LogP contribution in [0.1, 0.15) is 112 Å². The third-order valence-corrected chi connectivity index (χ3v) is 7.20. The number of hydrogen-bond donors (Lipinski definition) is 0. The highest BCUT2D eigenvalue weighted by Crippen LogP contribution is 2.24. The molecule has 0 fully saturated rings. The van der Waals surface area contributed by atoms with E-state index in [1.54, 1.807) is 22.3 Å². The van der Waals surface area contributed by atoms with Crippen molar-refractivity contribution in [3.63, 3.8) is 0 Å². The van der Waals surface area contributed by atoms with E-state index in [9.17, 15) is 0 Å². The Morgan fingerprint density at radius 1 is 0.774 bits per heavy atom. The molecular formula is C30H50S. The molecule has 0 nitrogen and oxygen atoms in total. The lowest BCUT2D eigenvalue weighted by molar-refractivity contribution is 0.554. The predicted molar refractivity (Wildman–Crippen MR) is 146 cm³/mol. The van der Waals surface area contributed by atoms with Gasteiger partial charge in [0.1, 0.15) is 0 Å².